The summed E-state index contributed by atoms with van der Waals surface area (Å²) in [6.45, 7) is 6.31. The maximum atomic E-state index is 4.18. The van der Waals surface area contributed by atoms with Gasteiger partial charge in [-0.15, -0.1) is 0 Å². The summed E-state index contributed by atoms with van der Waals surface area (Å²) >= 11 is 0. The first-order valence-corrected chi connectivity index (χ1v) is 6.58. The van der Waals surface area contributed by atoms with Crippen LogP contribution in [0, 0.1) is 0 Å². The van der Waals surface area contributed by atoms with Gasteiger partial charge in [0.15, 0.2) is 0 Å². The van der Waals surface area contributed by atoms with Crippen LogP contribution in [0.2, 0.25) is 0 Å². The molecule has 0 aliphatic rings. The monoisotopic (exact) mass is 249 g/mol. The highest BCUT2D eigenvalue weighted by atomic mass is 15.1. The Kier molecular flexibility index (Phi) is 4.57. The Hall–Kier alpha value is -2.28. The van der Waals surface area contributed by atoms with E-state index in [0.717, 1.165) is 23.5 Å². The zero-order valence-electron chi connectivity index (χ0n) is 11.3. The summed E-state index contributed by atoms with van der Waals surface area (Å²) in [4.78, 5) is 2.16. The van der Waals surface area contributed by atoms with Crippen molar-refractivity contribution in [1.29, 1.82) is 0 Å². The van der Waals surface area contributed by atoms with Gasteiger partial charge in [0, 0.05) is 17.1 Å². The van der Waals surface area contributed by atoms with Crippen molar-refractivity contribution < 1.29 is 0 Å². The molecule has 0 saturated heterocycles. The van der Waals surface area contributed by atoms with Crippen molar-refractivity contribution in [2.45, 2.75) is 13.3 Å². The number of benzene rings is 2. The second kappa shape index (κ2) is 6.60. The lowest BCUT2D eigenvalue weighted by Gasteiger charge is -2.25. The van der Waals surface area contributed by atoms with Crippen LogP contribution in [0.5, 0.6) is 0 Å². The van der Waals surface area contributed by atoms with E-state index in [1.807, 2.05) is 36.4 Å². The van der Waals surface area contributed by atoms with E-state index in [9.17, 15) is 0 Å². The van der Waals surface area contributed by atoms with Gasteiger partial charge >= 0.3 is 0 Å². The molecule has 0 atom stereocenters. The van der Waals surface area contributed by atoms with Gasteiger partial charge in [0.05, 0.1) is 0 Å². The molecule has 0 aliphatic heterocycles. The molecule has 0 bridgehead atoms. The summed E-state index contributed by atoms with van der Waals surface area (Å²) in [7, 11) is 0. The van der Waals surface area contributed by atoms with Crippen LogP contribution < -0.4 is 4.90 Å². The van der Waals surface area contributed by atoms with E-state index >= 15 is 0 Å². The van der Waals surface area contributed by atoms with Gasteiger partial charge in [-0.25, -0.2) is 0 Å². The predicted molar refractivity (Wildman–Crippen MR) is 83.6 cm³/mol. The summed E-state index contributed by atoms with van der Waals surface area (Å²) in [5.41, 5.74) is 3.22. The van der Waals surface area contributed by atoms with Crippen molar-refractivity contribution in [3.8, 4) is 0 Å². The molecular formula is C18H19N. The van der Waals surface area contributed by atoms with Gasteiger partial charge in [-0.2, -0.15) is 0 Å². The van der Waals surface area contributed by atoms with Crippen LogP contribution in [0.3, 0.4) is 0 Å². The molecule has 2 aromatic rings. The SMILES string of the molecule is C=C(/C=C\CC)N(c1ccccc1)c1ccccc1. The average Bonchev–Trinajstić information content (AvgIpc) is 2.47. The van der Waals surface area contributed by atoms with E-state index in [1.165, 1.54) is 0 Å². The normalized spacial score (nSPS) is 10.6. The molecule has 0 spiro atoms. The molecule has 2 rings (SSSR count). The largest absolute Gasteiger partial charge is 0.311 e. The van der Waals surface area contributed by atoms with Crippen LogP contribution >= 0.6 is 0 Å². The van der Waals surface area contributed by atoms with Crippen LogP contribution in [0.1, 0.15) is 13.3 Å². The second-order valence-corrected chi connectivity index (χ2v) is 4.31. The first kappa shape index (κ1) is 13.2. The highest BCUT2D eigenvalue weighted by molar-refractivity contribution is 5.69. The summed E-state index contributed by atoms with van der Waals surface area (Å²) in [5.74, 6) is 0. The van der Waals surface area contributed by atoms with Gasteiger partial charge in [-0.1, -0.05) is 56.0 Å². The summed E-state index contributed by atoms with van der Waals surface area (Å²) in [6, 6.07) is 20.6. The van der Waals surface area contributed by atoms with E-state index in [1.54, 1.807) is 0 Å². The van der Waals surface area contributed by atoms with E-state index < -0.39 is 0 Å². The van der Waals surface area contributed by atoms with Crippen LogP contribution in [0.15, 0.2) is 85.1 Å². The van der Waals surface area contributed by atoms with Crippen molar-refractivity contribution in [2.24, 2.45) is 0 Å². The van der Waals surface area contributed by atoms with Crippen LogP contribution in [-0.4, -0.2) is 0 Å². The van der Waals surface area contributed by atoms with Gasteiger partial charge in [0.2, 0.25) is 0 Å². The van der Waals surface area contributed by atoms with Crippen molar-refractivity contribution in [3.63, 3.8) is 0 Å². The molecule has 0 heterocycles. The smallest absolute Gasteiger partial charge is 0.0461 e. The van der Waals surface area contributed by atoms with Crippen LogP contribution in [0.25, 0.3) is 0 Å². The zero-order valence-corrected chi connectivity index (χ0v) is 11.3. The quantitative estimate of drug-likeness (QED) is 0.649. The topological polar surface area (TPSA) is 3.24 Å². The Bertz CT molecular complexity index is 501. The lowest BCUT2D eigenvalue weighted by Crippen LogP contribution is -2.13. The van der Waals surface area contributed by atoms with Crippen molar-refractivity contribution in [2.75, 3.05) is 4.90 Å². The number of para-hydroxylation sites is 2. The molecule has 0 aliphatic carbocycles. The van der Waals surface area contributed by atoms with E-state index in [-0.39, 0.29) is 0 Å². The minimum Gasteiger partial charge on any atom is -0.311 e. The number of nitrogens with zero attached hydrogens (tertiary/aromatic N) is 1. The molecule has 0 aromatic heterocycles. The minimum atomic E-state index is 0.972. The number of hydrogen-bond donors (Lipinski definition) is 0. The lowest BCUT2D eigenvalue weighted by atomic mass is 10.2. The van der Waals surface area contributed by atoms with E-state index in [2.05, 4.69) is 54.8 Å². The zero-order chi connectivity index (χ0) is 13.5. The molecular weight excluding hydrogens is 230 g/mol. The number of rotatable bonds is 5. The predicted octanol–water partition coefficient (Wildman–Crippen LogP) is 5.30. The van der Waals surface area contributed by atoms with Crippen LogP contribution in [-0.2, 0) is 0 Å². The molecule has 2 aromatic carbocycles. The molecule has 0 saturated carbocycles. The maximum Gasteiger partial charge on any atom is 0.0461 e. The Morgan fingerprint density at radius 2 is 1.42 bits per heavy atom. The fourth-order valence-corrected chi connectivity index (χ4v) is 1.96. The standard InChI is InChI=1S/C18H19N/c1-3-4-11-16(2)19(17-12-7-5-8-13-17)18-14-9-6-10-15-18/h4-15H,2-3H2,1H3/b11-4-. The Morgan fingerprint density at radius 1 is 0.947 bits per heavy atom. The van der Waals surface area contributed by atoms with Crippen molar-refractivity contribution in [3.05, 3.63) is 85.1 Å². The second-order valence-electron chi connectivity index (χ2n) is 4.31. The molecule has 0 radical (unpaired) electrons. The van der Waals surface area contributed by atoms with Gasteiger partial charge in [0.1, 0.15) is 0 Å². The molecule has 0 amide bonds. The molecule has 96 valence electrons. The first-order valence-electron chi connectivity index (χ1n) is 6.58. The third-order valence-corrected chi connectivity index (χ3v) is 2.86. The Morgan fingerprint density at radius 3 is 1.84 bits per heavy atom. The summed E-state index contributed by atoms with van der Waals surface area (Å²) in [6.07, 6.45) is 5.21. The average molecular weight is 249 g/mol. The molecule has 1 nitrogen and oxygen atoms in total. The summed E-state index contributed by atoms with van der Waals surface area (Å²) < 4.78 is 0. The maximum absolute atomic E-state index is 4.18. The Balaban J connectivity index is 2.40. The van der Waals surface area contributed by atoms with Crippen molar-refractivity contribution >= 4 is 11.4 Å². The van der Waals surface area contributed by atoms with Gasteiger partial charge in [-0.05, 0) is 36.8 Å². The van der Waals surface area contributed by atoms with E-state index in [4.69, 9.17) is 0 Å². The van der Waals surface area contributed by atoms with Gasteiger partial charge in [0.25, 0.3) is 0 Å². The number of anilines is 2. The fraction of sp³-hybridized carbons (Fsp3) is 0.111. The van der Waals surface area contributed by atoms with Gasteiger partial charge < -0.3 is 4.90 Å². The fourth-order valence-electron chi connectivity index (χ4n) is 1.96. The molecule has 0 fully saturated rings. The summed E-state index contributed by atoms with van der Waals surface area (Å²) in [5, 5.41) is 0. The highest BCUT2D eigenvalue weighted by Crippen LogP contribution is 2.29. The number of allylic oxidation sites excluding steroid dienone is 2. The molecule has 1 heteroatoms. The van der Waals surface area contributed by atoms with Crippen LogP contribution in [0.4, 0.5) is 11.4 Å². The molecule has 0 unspecified atom stereocenters. The first-order chi connectivity index (χ1) is 9.33. The van der Waals surface area contributed by atoms with E-state index in [0.29, 0.717) is 0 Å². The van der Waals surface area contributed by atoms with Crippen molar-refractivity contribution in [1.82, 2.24) is 0 Å². The third kappa shape index (κ3) is 3.35. The number of hydrogen-bond acceptors (Lipinski definition) is 1. The highest BCUT2D eigenvalue weighted by Gasteiger charge is 2.09. The molecule has 19 heavy (non-hydrogen) atoms. The lowest BCUT2D eigenvalue weighted by molar-refractivity contribution is 1.18. The minimum absolute atomic E-state index is 0.972. The Labute approximate surface area is 115 Å². The van der Waals surface area contributed by atoms with Gasteiger partial charge in [-0.3, -0.25) is 0 Å². The molecule has 0 N–H and O–H groups in total. The third-order valence-electron chi connectivity index (χ3n) is 2.86.